The van der Waals surface area contributed by atoms with Crippen molar-refractivity contribution in [3.63, 3.8) is 0 Å². The summed E-state index contributed by atoms with van der Waals surface area (Å²) >= 11 is 0. The minimum atomic E-state index is 0.380. The molecule has 0 aliphatic heterocycles. The fourth-order valence-electron chi connectivity index (χ4n) is 3.06. The number of para-hydroxylation sites is 2. The van der Waals surface area contributed by atoms with Gasteiger partial charge in [-0.15, -0.1) is 0 Å². The molecule has 2 aromatic carbocycles. The maximum absolute atomic E-state index is 6.03. The minimum absolute atomic E-state index is 0.380. The van der Waals surface area contributed by atoms with Gasteiger partial charge >= 0.3 is 0 Å². The summed E-state index contributed by atoms with van der Waals surface area (Å²) in [6, 6.07) is 16.8. The van der Waals surface area contributed by atoms with Crippen LogP contribution in [0.15, 0.2) is 48.5 Å². The lowest BCUT2D eigenvalue weighted by molar-refractivity contribution is 0.274. The summed E-state index contributed by atoms with van der Waals surface area (Å²) in [4.78, 5) is 0. The zero-order valence-corrected chi connectivity index (χ0v) is 14.2. The van der Waals surface area contributed by atoms with Crippen molar-refractivity contribution in [3.05, 3.63) is 59.8 Å². The number of nitrogens with zero attached hydrogens (tertiary/aromatic N) is 1. The van der Waals surface area contributed by atoms with Crippen molar-refractivity contribution >= 4 is 10.9 Å². The predicted molar refractivity (Wildman–Crippen MR) is 94.4 cm³/mol. The van der Waals surface area contributed by atoms with Crippen LogP contribution in [0.4, 0.5) is 0 Å². The number of ether oxygens (including phenoxy) is 2. The van der Waals surface area contributed by atoms with Gasteiger partial charge in [0.05, 0.1) is 12.8 Å². The molecule has 0 aliphatic carbocycles. The third kappa shape index (κ3) is 2.91. The zero-order valence-electron chi connectivity index (χ0n) is 14.2. The van der Waals surface area contributed by atoms with E-state index in [2.05, 4.69) is 49.6 Å². The Morgan fingerprint density at radius 2 is 1.74 bits per heavy atom. The van der Waals surface area contributed by atoms with Gasteiger partial charge in [-0.1, -0.05) is 24.3 Å². The van der Waals surface area contributed by atoms with Crippen LogP contribution in [0.2, 0.25) is 0 Å². The van der Waals surface area contributed by atoms with E-state index >= 15 is 0 Å². The number of benzene rings is 2. The summed E-state index contributed by atoms with van der Waals surface area (Å²) in [5.74, 6) is 1.53. The molecule has 3 heteroatoms. The van der Waals surface area contributed by atoms with Gasteiger partial charge in [-0.3, -0.25) is 0 Å². The van der Waals surface area contributed by atoms with Crippen molar-refractivity contribution in [1.29, 1.82) is 0 Å². The first-order valence-electron chi connectivity index (χ1n) is 7.97. The van der Waals surface area contributed by atoms with Crippen LogP contribution in [0.3, 0.4) is 0 Å². The lowest BCUT2D eigenvalue weighted by Crippen LogP contribution is -2.08. The van der Waals surface area contributed by atoms with Gasteiger partial charge in [-0.2, -0.15) is 0 Å². The Bertz CT molecular complexity index is 818. The van der Waals surface area contributed by atoms with E-state index in [1.54, 1.807) is 7.11 Å². The Morgan fingerprint density at radius 1 is 1.00 bits per heavy atom. The first-order valence-corrected chi connectivity index (χ1v) is 7.97. The van der Waals surface area contributed by atoms with Gasteiger partial charge in [0.1, 0.15) is 6.61 Å². The summed E-state index contributed by atoms with van der Waals surface area (Å²) < 4.78 is 13.7. The Balaban J connectivity index is 1.96. The van der Waals surface area contributed by atoms with Crippen LogP contribution in [0.1, 0.15) is 31.1 Å². The molecule has 1 heterocycles. The van der Waals surface area contributed by atoms with E-state index in [0.29, 0.717) is 12.6 Å². The smallest absolute Gasteiger partial charge is 0.161 e. The Morgan fingerprint density at radius 3 is 2.43 bits per heavy atom. The van der Waals surface area contributed by atoms with Gasteiger partial charge in [-0.25, -0.2) is 0 Å². The number of rotatable bonds is 5. The summed E-state index contributed by atoms with van der Waals surface area (Å²) in [5, 5.41) is 1.29. The molecular formula is C20H23NO2. The number of aromatic nitrogens is 1. The first-order chi connectivity index (χ1) is 11.1. The average molecular weight is 309 g/mol. The van der Waals surface area contributed by atoms with E-state index in [-0.39, 0.29) is 0 Å². The van der Waals surface area contributed by atoms with E-state index in [1.807, 2.05) is 24.3 Å². The van der Waals surface area contributed by atoms with E-state index in [9.17, 15) is 0 Å². The van der Waals surface area contributed by atoms with Crippen molar-refractivity contribution in [2.45, 2.75) is 33.4 Å². The van der Waals surface area contributed by atoms with Crippen LogP contribution in [0, 0.1) is 6.92 Å². The lowest BCUT2D eigenvalue weighted by atomic mass is 10.1. The van der Waals surface area contributed by atoms with Crippen LogP contribution in [-0.4, -0.2) is 11.7 Å². The van der Waals surface area contributed by atoms with Crippen molar-refractivity contribution in [2.75, 3.05) is 7.11 Å². The molecule has 0 bridgehead atoms. The molecule has 23 heavy (non-hydrogen) atoms. The van der Waals surface area contributed by atoms with Crippen molar-refractivity contribution < 1.29 is 9.47 Å². The molecule has 0 saturated carbocycles. The van der Waals surface area contributed by atoms with Gasteiger partial charge < -0.3 is 14.0 Å². The van der Waals surface area contributed by atoms with E-state index in [0.717, 1.165) is 11.5 Å². The summed E-state index contributed by atoms with van der Waals surface area (Å²) in [5.41, 5.74) is 3.73. The second-order valence-corrected chi connectivity index (χ2v) is 6.05. The third-order valence-corrected chi connectivity index (χ3v) is 4.14. The number of aryl methyl sites for hydroxylation is 1. The summed E-state index contributed by atoms with van der Waals surface area (Å²) in [6.07, 6.45) is 0. The Hall–Kier alpha value is -2.42. The number of methoxy groups -OCH3 is 1. The van der Waals surface area contributed by atoms with Crippen LogP contribution in [-0.2, 0) is 6.61 Å². The minimum Gasteiger partial charge on any atom is -0.493 e. The predicted octanol–water partition coefficient (Wildman–Crippen LogP) is 5.12. The second kappa shape index (κ2) is 6.37. The first kappa shape index (κ1) is 15.5. The molecule has 0 aliphatic rings. The Kier molecular flexibility index (Phi) is 4.28. The standard InChI is InChI=1S/C20H23NO2/c1-14(2)21-16(12-17-15(3)8-7-9-18(17)21)13-23-20-11-6-5-10-19(20)22-4/h5-12,14H,13H2,1-4H3. The molecule has 3 aromatic rings. The molecule has 1 aromatic heterocycles. The normalized spacial score (nSPS) is 11.2. The monoisotopic (exact) mass is 309 g/mol. The Labute approximate surface area is 137 Å². The molecule has 0 amide bonds. The zero-order chi connectivity index (χ0) is 16.4. The molecule has 3 nitrogen and oxygen atoms in total. The SMILES string of the molecule is COc1ccccc1OCc1cc2c(C)cccc2n1C(C)C. The van der Waals surface area contributed by atoms with Gasteiger partial charge in [0.2, 0.25) is 0 Å². The fourth-order valence-corrected chi connectivity index (χ4v) is 3.06. The highest BCUT2D eigenvalue weighted by molar-refractivity contribution is 5.84. The highest BCUT2D eigenvalue weighted by Gasteiger charge is 2.14. The highest BCUT2D eigenvalue weighted by atomic mass is 16.5. The molecule has 0 unspecified atom stereocenters. The number of fused-ring (bicyclic) bond motifs is 1. The van der Waals surface area contributed by atoms with Crippen molar-refractivity contribution in [3.8, 4) is 11.5 Å². The quantitative estimate of drug-likeness (QED) is 0.653. The van der Waals surface area contributed by atoms with Crippen molar-refractivity contribution in [2.24, 2.45) is 0 Å². The molecule has 0 atom stereocenters. The topological polar surface area (TPSA) is 23.4 Å². The largest absolute Gasteiger partial charge is 0.493 e. The van der Waals surface area contributed by atoms with Crippen LogP contribution in [0.5, 0.6) is 11.5 Å². The van der Waals surface area contributed by atoms with E-state index in [1.165, 1.54) is 22.2 Å². The highest BCUT2D eigenvalue weighted by Crippen LogP contribution is 2.30. The van der Waals surface area contributed by atoms with Crippen LogP contribution < -0.4 is 9.47 Å². The molecule has 0 radical (unpaired) electrons. The number of hydrogen-bond donors (Lipinski definition) is 0. The van der Waals surface area contributed by atoms with Crippen LogP contribution >= 0.6 is 0 Å². The van der Waals surface area contributed by atoms with Gasteiger partial charge in [0, 0.05) is 16.9 Å². The summed E-state index contributed by atoms with van der Waals surface area (Å²) in [7, 11) is 1.66. The third-order valence-electron chi connectivity index (χ3n) is 4.14. The molecule has 120 valence electrons. The summed E-state index contributed by atoms with van der Waals surface area (Å²) in [6.45, 7) is 7.08. The lowest BCUT2D eigenvalue weighted by Gasteiger charge is -2.16. The molecule has 0 saturated heterocycles. The molecular weight excluding hydrogens is 286 g/mol. The van der Waals surface area contributed by atoms with Gasteiger partial charge in [-0.05, 0) is 50.6 Å². The number of hydrogen-bond acceptors (Lipinski definition) is 2. The van der Waals surface area contributed by atoms with Crippen LogP contribution in [0.25, 0.3) is 10.9 Å². The van der Waals surface area contributed by atoms with Gasteiger partial charge in [0.15, 0.2) is 11.5 Å². The molecule has 0 N–H and O–H groups in total. The molecule has 0 spiro atoms. The fraction of sp³-hybridized carbons (Fsp3) is 0.300. The average Bonchev–Trinajstić information content (AvgIpc) is 2.93. The molecule has 0 fully saturated rings. The van der Waals surface area contributed by atoms with E-state index < -0.39 is 0 Å². The molecule has 3 rings (SSSR count). The maximum atomic E-state index is 6.03. The second-order valence-electron chi connectivity index (χ2n) is 6.05. The van der Waals surface area contributed by atoms with Gasteiger partial charge in [0.25, 0.3) is 0 Å². The maximum Gasteiger partial charge on any atom is 0.161 e. The van der Waals surface area contributed by atoms with Crippen molar-refractivity contribution in [1.82, 2.24) is 4.57 Å². The van der Waals surface area contributed by atoms with E-state index in [4.69, 9.17) is 9.47 Å².